The van der Waals surface area contributed by atoms with Crippen LogP contribution >= 0.6 is 0 Å². The number of hydrogen-bond donors (Lipinski definition) is 1. The summed E-state index contributed by atoms with van der Waals surface area (Å²) in [5, 5.41) is 8.82. The predicted octanol–water partition coefficient (Wildman–Crippen LogP) is 2.51. The molecule has 0 aliphatic rings. The molecule has 0 saturated carbocycles. The number of anilines is 1. The van der Waals surface area contributed by atoms with Crippen LogP contribution in [-0.2, 0) is 11.3 Å². The van der Waals surface area contributed by atoms with Gasteiger partial charge in [-0.3, -0.25) is 4.98 Å². The first kappa shape index (κ1) is 14.5. The van der Waals surface area contributed by atoms with Gasteiger partial charge in [0.2, 0.25) is 0 Å². The second kappa shape index (κ2) is 6.06. The highest BCUT2D eigenvalue weighted by atomic mass is 16.5. The van der Waals surface area contributed by atoms with E-state index in [1.807, 2.05) is 6.92 Å². The molecular formula is C16H15N3O2. The summed E-state index contributed by atoms with van der Waals surface area (Å²) in [5.41, 5.74) is 9.33. The predicted molar refractivity (Wildman–Crippen MR) is 78.4 cm³/mol. The number of rotatable bonds is 3. The Morgan fingerprint density at radius 1 is 1.38 bits per heavy atom. The molecule has 21 heavy (non-hydrogen) atoms. The number of nitrogens with two attached hydrogens (primary N) is 1. The van der Waals surface area contributed by atoms with Crippen LogP contribution < -0.4 is 5.73 Å². The molecule has 5 heteroatoms. The van der Waals surface area contributed by atoms with Gasteiger partial charge in [-0.1, -0.05) is 6.07 Å². The van der Waals surface area contributed by atoms with Crippen molar-refractivity contribution in [3.63, 3.8) is 0 Å². The van der Waals surface area contributed by atoms with Crippen molar-refractivity contribution in [3.8, 4) is 6.07 Å². The van der Waals surface area contributed by atoms with Crippen LogP contribution in [0, 0.1) is 25.2 Å². The number of ether oxygens (including phenoxy) is 1. The van der Waals surface area contributed by atoms with E-state index < -0.39 is 5.97 Å². The van der Waals surface area contributed by atoms with E-state index in [9.17, 15) is 4.79 Å². The van der Waals surface area contributed by atoms with E-state index in [-0.39, 0.29) is 6.61 Å². The fourth-order valence-corrected chi connectivity index (χ4v) is 1.90. The second-order valence-corrected chi connectivity index (χ2v) is 4.73. The van der Waals surface area contributed by atoms with Gasteiger partial charge in [-0.2, -0.15) is 5.26 Å². The zero-order chi connectivity index (χ0) is 15.4. The Morgan fingerprint density at radius 3 is 2.81 bits per heavy atom. The molecule has 0 spiro atoms. The number of nitrogen functional groups attached to an aromatic ring is 1. The van der Waals surface area contributed by atoms with Crippen molar-refractivity contribution < 1.29 is 9.53 Å². The monoisotopic (exact) mass is 281 g/mol. The van der Waals surface area contributed by atoms with Crippen LogP contribution in [-0.4, -0.2) is 11.0 Å². The molecule has 1 aromatic carbocycles. The van der Waals surface area contributed by atoms with Gasteiger partial charge in [0.05, 0.1) is 34.8 Å². The summed E-state index contributed by atoms with van der Waals surface area (Å²) in [6.45, 7) is 3.74. The fraction of sp³-hybridized carbons (Fsp3) is 0.188. The third-order valence-electron chi connectivity index (χ3n) is 3.16. The molecule has 0 atom stereocenters. The van der Waals surface area contributed by atoms with Crippen molar-refractivity contribution in [1.82, 2.24) is 4.98 Å². The number of carbonyl (C=O) groups is 1. The first-order chi connectivity index (χ1) is 10.0. The lowest BCUT2D eigenvalue weighted by Gasteiger charge is -2.09. The Hall–Kier alpha value is -2.87. The smallest absolute Gasteiger partial charge is 0.340 e. The number of esters is 1. The Kier molecular flexibility index (Phi) is 4.19. The highest BCUT2D eigenvalue weighted by molar-refractivity contribution is 5.91. The van der Waals surface area contributed by atoms with Gasteiger partial charge in [0.15, 0.2) is 0 Å². The lowest BCUT2D eigenvalue weighted by Crippen LogP contribution is -2.09. The van der Waals surface area contributed by atoms with Crippen LogP contribution in [0.1, 0.15) is 32.7 Å². The Morgan fingerprint density at radius 2 is 2.14 bits per heavy atom. The number of aryl methyl sites for hydroxylation is 2. The van der Waals surface area contributed by atoms with E-state index in [4.69, 9.17) is 15.7 Å². The maximum atomic E-state index is 12.1. The lowest BCUT2D eigenvalue weighted by atomic mass is 10.1. The molecule has 2 N–H and O–H groups in total. The zero-order valence-electron chi connectivity index (χ0n) is 11.9. The van der Waals surface area contributed by atoms with Gasteiger partial charge >= 0.3 is 5.97 Å². The summed E-state index contributed by atoms with van der Waals surface area (Å²) in [4.78, 5) is 16.1. The number of pyridine rings is 1. The van der Waals surface area contributed by atoms with E-state index in [2.05, 4.69) is 11.1 Å². The largest absolute Gasteiger partial charge is 0.457 e. The number of hydrogen-bond acceptors (Lipinski definition) is 5. The van der Waals surface area contributed by atoms with Gasteiger partial charge in [-0.15, -0.1) is 0 Å². The fourth-order valence-electron chi connectivity index (χ4n) is 1.90. The van der Waals surface area contributed by atoms with E-state index in [0.29, 0.717) is 22.5 Å². The maximum absolute atomic E-state index is 12.1. The van der Waals surface area contributed by atoms with Gasteiger partial charge in [-0.25, -0.2) is 4.79 Å². The summed E-state index contributed by atoms with van der Waals surface area (Å²) in [6.07, 6.45) is 1.50. The molecule has 0 radical (unpaired) electrons. The third kappa shape index (κ3) is 3.37. The number of aromatic nitrogens is 1. The summed E-state index contributed by atoms with van der Waals surface area (Å²) in [6, 6.07) is 8.86. The molecule has 0 saturated heterocycles. The van der Waals surface area contributed by atoms with Gasteiger partial charge in [0.1, 0.15) is 6.61 Å². The van der Waals surface area contributed by atoms with Crippen molar-refractivity contribution in [2.24, 2.45) is 0 Å². The SMILES string of the molecule is Cc1cc(C#N)ccc1COC(=O)c1cc(N)cnc1C. The molecule has 0 bridgehead atoms. The van der Waals surface area contributed by atoms with Crippen molar-refractivity contribution in [1.29, 1.82) is 5.26 Å². The summed E-state index contributed by atoms with van der Waals surface area (Å²) in [7, 11) is 0. The molecule has 0 aliphatic carbocycles. The molecule has 106 valence electrons. The minimum Gasteiger partial charge on any atom is -0.457 e. The molecule has 0 amide bonds. The Bertz CT molecular complexity index is 733. The second-order valence-electron chi connectivity index (χ2n) is 4.73. The van der Waals surface area contributed by atoms with Crippen LogP contribution in [0.15, 0.2) is 30.5 Å². The number of carbonyl (C=O) groups excluding carboxylic acids is 1. The average molecular weight is 281 g/mol. The summed E-state index contributed by atoms with van der Waals surface area (Å²) < 4.78 is 5.29. The van der Waals surface area contributed by atoms with Crippen LogP contribution in [0.3, 0.4) is 0 Å². The van der Waals surface area contributed by atoms with E-state index in [0.717, 1.165) is 11.1 Å². The molecule has 0 aliphatic heterocycles. The molecule has 1 aromatic heterocycles. The Balaban J connectivity index is 2.11. The van der Waals surface area contributed by atoms with Crippen LogP contribution in [0.25, 0.3) is 0 Å². The molecule has 5 nitrogen and oxygen atoms in total. The summed E-state index contributed by atoms with van der Waals surface area (Å²) in [5.74, 6) is -0.462. The van der Waals surface area contributed by atoms with Crippen molar-refractivity contribution in [2.45, 2.75) is 20.5 Å². The number of benzene rings is 1. The van der Waals surface area contributed by atoms with Gasteiger partial charge < -0.3 is 10.5 Å². The van der Waals surface area contributed by atoms with Crippen molar-refractivity contribution in [3.05, 3.63) is 58.4 Å². The molecule has 0 unspecified atom stereocenters. The highest BCUT2D eigenvalue weighted by Crippen LogP contribution is 2.15. The average Bonchev–Trinajstić information content (AvgIpc) is 2.48. The first-order valence-electron chi connectivity index (χ1n) is 6.40. The van der Waals surface area contributed by atoms with Gasteiger partial charge in [0, 0.05) is 0 Å². The minimum atomic E-state index is -0.462. The third-order valence-corrected chi connectivity index (χ3v) is 3.16. The van der Waals surface area contributed by atoms with E-state index >= 15 is 0 Å². The van der Waals surface area contributed by atoms with E-state index in [1.165, 1.54) is 6.20 Å². The zero-order valence-corrected chi connectivity index (χ0v) is 11.9. The minimum absolute atomic E-state index is 0.143. The highest BCUT2D eigenvalue weighted by Gasteiger charge is 2.13. The van der Waals surface area contributed by atoms with Crippen molar-refractivity contribution >= 4 is 11.7 Å². The molecule has 1 heterocycles. The van der Waals surface area contributed by atoms with Crippen LogP contribution in [0.2, 0.25) is 0 Å². The summed E-state index contributed by atoms with van der Waals surface area (Å²) >= 11 is 0. The standard InChI is InChI=1S/C16H15N3O2/c1-10-5-12(7-17)3-4-13(10)9-21-16(20)15-6-14(18)8-19-11(15)2/h3-6,8H,9,18H2,1-2H3. The molecular weight excluding hydrogens is 266 g/mol. The molecule has 0 fully saturated rings. The van der Waals surface area contributed by atoms with Crippen LogP contribution in [0.4, 0.5) is 5.69 Å². The number of nitriles is 1. The van der Waals surface area contributed by atoms with Gasteiger partial charge in [-0.05, 0) is 43.2 Å². The lowest BCUT2D eigenvalue weighted by molar-refractivity contribution is 0.0471. The molecule has 2 aromatic rings. The quantitative estimate of drug-likeness (QED) is 0.873. The number of nitrogens with zero attached hydrogens (tertiary/aromatic N) is 2. The Labute approximate surface area is 123 Å². The van der Waals surface area contributed by atoms with Crippen molar-refractivity contribution in [2.75, 3.05) is 5.73 Å². The van der Waals surface area contributed by atoms with Crippen LogP contribution in [0.5, 0.6) is 0 Å². The first-order valence-corrected chi connectivity index (χ1v) is 6.40. The van der Waals surface area contributed by atoms with E-state index in [1.54, 1.807) is 31.2 Å². The topological polar surface area (TPSA) is 89.0 Å². The van der Waals surface area contributed by atoms with Gasteiger partial charge in [0.25, 0.3) is 0 Å². The normalized spacial score (nSPS) is 9.95. The maximum Gasteiger partial charge on any atom is 0.340 e. The molecule has 2 rings (SSSR count).